The summed E-state index contributed by atoms with van der Waals surface area (Å²) in [6, 6.07) is 0. The van der Waals surface area contributed by atoms with Crippen LogP contribution in [-0.4, -0.2) is 69.2 Å². The average molecular weight is 427 g/mol. The Kier molecular flexibility index (Phi) is 12.5. The number of carbonyl (C=O) groups is 1. The van der Waals surface area contributed by atoms with Crippen molar-refractivity contribution >= 4 is 35.8 Å². The van der Waals surface area contributed by atoms with Crippen molar-refractivity contribution in [1.82, 2.24) is 15.5 Å². The molecule has 0 spiro atoms. The molecule has 8 heteroatoms. The highest BCUT2D eigenvalue weighted by molar-refractivity contribution is 14.0. The molecular formula is C14H30IN5O2. The highest BCUT2D eigenvalue weighted by Crippen LogP contribution is 1.97. The molecule has 4 N–H and O–H groups in total. The monoisotopic (exact) mass is 427 g/mol. The van der Waals surface area contributed by atoms with Crippen molar-refractivity contribution in [2.24, 2.45) is 16.6 Å². The molecule has 130 valence electrons. The molecule has 0 saturated carbocycles. The number of nitrogens with one attached hydrogen (secondary N) is 2. The van der Waals surface area contributed by atoms with Crippen molar-refractivity contribution in [3.63, 3.8) is 0 Å². The van der Waals surface area contributed by atoms with Gasteiger partial charge in [-0.2, -0.15) is 0 Å². The Hall–Kier alpha value is -0.610. The van der Waals surface area contributed by atoms with E-state index in [-0.39, 0.29) is 35.8 Å². The van der Waals surface area contributed by atoms with Gasteiger partial charge in [0.15, 0.2) is 5.96 Å². The molecule has 0 radical (unpaired) electrons. The molecule has 0 aromatic rings. The first-order valence-corrected chi connectivity index (χ1v) is 7.71. The van der Waals surface area contributed by atoms with E-state index in [1.54, 1.807) is 0 Å². The molecule has 1 rings (SSSR count). The normalized spacial score (nSPS) is 16.2. The van der Waals surface area contributed by atoms with Crippen LogP contribution in [0.1, 0.15) is 20.3 Å². The molecule has 1 saturated heterocycles. The van der Waals surface area contributed by atoms with Crippen LogP contribution in [0, 0.1) is 5.92 Å². The summed E-state index contributed by atoms with van der Waals surface area (Å²) in [5.74, 6) is 0.504. The number of hydrogen-bond acceptors (Lipinski definition) is 4. The zero-order valence-corrected chi connectivity index (χ0v) is 16.0. The second kappa shape index (κ2) is 12.9. The fourth-order valence-corrected chi connectivity index (χ4v) is 1.95. The van der Waals surface area contributed by atoms with E-state index in [2.05, 4.69) is 20.5 Å². The van der Waals surface area contributed by atoms with E-state index < -0.39 is 0 Å². The zero-order chi connectivity index (χ0) is 15.5. The number of carbonyl (C=O) groups excluding carboxylic acids is 1. The molecular weight excluding hydrogens is 397 g/mol. The third-order valence-electron chi connectivity index (χ3n) is 3.27. The SMILES string of the molecule is CC(C)C(=O)NCCNC(N)=NCCCN1CCOCC1.I. The second-order valence-corrected chi connectivity index (χ2v) is 5.45. The number of rotatable bonds is 8. The van der Waals surface area contributed by atoms with Gasteiger partial charge in [0.05, 0.1) is 13.2 Å². The summed E-state index contributed by atoms with van der Waals surface area (Å²) in [5, 5.41) is 5.81. The van der Waals surface area contributed by atoms with E-state index in [1.807, 2.05) is 13.8 Å². The molecule has 0 bridgehead atoms. The lowest BCUT2D eigenvalue weighted by atomic mass is 10.2. The fraction of sp³-hybridized carbons (Fsp3) is 0.857. The van der Waals surface area contributed by atoms with E-state index in [9.17, 15) is 4.79 Å². The number of halogens is 1. The number of morpholine rings is 1. The number of amides is 1. The van der Waals surface area contributed by atoms with E-state index in [0.29, 0.717) is 25.6 Å². The Balaban J connectivity index is 0.00000441. The van der Waals surface area contributed by atoms with Crippen LogP contribution >= 0.6 is 24.0 Å². The summed E-state index contributed by atoms with van der Waals surface area (Å²) in [6.45, 7) is 10.3. The standard InChI is InChI=1S/C14H29N5O2.HI/c1-12(2)13(20)16-5-6-18-14(15)17-4-3-7-19-8-10-21-11-9-19;/h12H,3-11H2,1-2H3,(H,16,20)(H3,15,17,18);1H. The molecule has 7 nitrogen and oxygen atoms in total. The van der Waals surface area contributed by atoms with Crippen LogP contribution in [0.5, 0.6) is 0 Å². The lowest BCUT2D eigenvalue weighted by molar-refractivity contribution is -0.123. The quantitative estimate of drug-likeness (QED) is 0.220. The van der Waals surface area contributed by atoms with Crippen molar-refractivity contribution < 1.29 is 9.53 Å². The highest BCUT2D eigenvalue weighted by Gasteiger charge is 2.08. The highest BCUT2D eigenvalue weighted by atomic mass is 127. The third-order valence-corrected chi connectivity index (χ3v) is 3.27. The third kappa shape index (κ3) is 10.2. The van der Waals surface area contributed by atoms with Crippen LogP contribution in [-0.2, 0) is 9.53 Å². The van der Waals surface area contributed by atoms with Gasteiger partial charge in [-0.1, -0.05) is 13.8 Å². The van der Waals surface area contributed by atoms with Crippen LogP contribution in [0.25, 0.3) is 0 Å². The van der Waals surface area contributed by atoms with E-state index in [4.69, 9.17) is 10.5 Å². The number of nitrogens with zero attached hydrogens (tertiary/aromatic N) is 2. The molecule has 0 aliphatic carbocycles. The van der Waals surface area contributed by atoms with E-state index in [0.717, 1.165) is 39.3 Å². The Morgan fingerprint density at radius 2 is 1.91 bits per heavy atom. The molecule has 1 aliphatic rings. The fourth-order valence-electron chi connectivity index (χ4n) is 1.95. The minimum Gasteiger partial charge on any atom is -0.379 e. The first-order valence-electron chi connectivity index (χ1n) is 7.71. The van der Waals surface area contributed by atoms with Crippen molar-refractivity contribution in [3.8, 4) is 0 Å². The molecule has 22 heavy (non-hydrogen) atoms. The molecule has 1 aliphatic heterocycles. The maximum Gasteiger partial charge on any atom is 0.222 e. The zero-order valence-electron chi connectivity index (χ0n) is 13.6. The largest absolute Gasteiger partial charge is 0.379 e. The van der Waals surface area contributed by atoms with Gasteiger partial charge in [-0.05, 0) is 6.42 Å². The molecule has 1 amide bonds. The summed E-state index contributed by atoms with van der Waals surface area (Å²) in [6.07, 6.45) is 0.993. The first-order chi connectivity index (χ1) is 10.1. The molecule has 1 heterocycles. The summed E-state index contributed by atoms with van der Waals surface area (Å²) in [4.78, 5) is 18.0. The van der Waals surface area contributed by atoms with Crippen molar-refractivity contribution in [2.75, 3.05) is 52.5 Å². The van der Waals surface area contributed by atoms with Crippen LogP contribution in [0.2, 0.25) is 0 Å². The maximum atomic E-state index is 11.3. The molecule has 1 fully saturated rings. The minimum atomic E-state index is 0. The lowest BCUT2D eigenvalue weighted by Crippen LogP contribution is -2.39. The van der Waals surface area contributed by atoms with Gasteiger partial charge >= 0.3 is 0 Å². The summed E-state index contributed by atoms with van der Waals surface area (Å²) in [7, 11) is 0. The molecule has 0 aromatic heterocycles. The Morgan fingerprint density at radius 1 is 1.27 bits per heavy atom. The van der Waals surface area contributed by atoms with Gasteiger partial charge in [0, 0.05) is 45.2 Å². The molecule has 0 atom stereocenters. The summed E-state index contributed by atoms with van der Waals surface area (Å²) >= 11 is 0. The van der Waals surface area contributed by atoms with Crippen LogP contribution in [0.4, 0.5) is 0 Å². The van der Waals surface area contributed by atoms with Gasteiger partial charge in [-0.15, -0.1) is 24.0 Å². The van der Waals surface area contributed by atoms with Crippen LogP contribution < -0.4 is 16.4 Å². The number of hydrogen-bond donors (Lipinski definition) is 3. The minimum absolute atomic E-state index is 0. The van der Waals surface area contributed by atoms with E-state index >= 15 is 0 Å². The van der Waals surface area contributed by atoms with Crippen molar-refractivity contribution in [3.05, 3.63) is 0 Å². The number of aliphatic imine (C=N–C) groups is 1. The van der Waals surface area contributed by atoms with Crippen LogP contribution in [0.15, 0.2) is 4.99 Å². The summed E-state index contributed by atoms with van der Waals surface area (Å²) in [5.41, 5.74) is 5.76. The number of guanidine groups is 1. The topological polar surface area (TPSA) is 92.0 Å². The maximum absolute atomic E-state index is 11.3. The van der Waals surface area contributed by atoms with Gasteiger partial charge < -0.3 is 21.1 Å². The van der Waals surface area contributed by atoms with Crippen LogP contribution in [0.3, 0.4) is 0 Å². The van der Waals surface area contributed by atoms with Gasteiger partial charge in [0.1, 0.15) is 0 Å². The van der Waals surface area contributed by atoms with Gasteiger partial charge in [-0.25, -0.2) is 0 Å². The first kappa shape index (κ1) is 21.4. The average Bonchev–Trinajstić information content (AvgIpc) is 2.49. The molecule has 0 aromatic carbocycles. The Bertz CT molecular complexity index is 333. The smallest absolute Gasteiger partial charge is 0.222 e. The second-order valence-electron chi connectivity index (χ2n) is 5.45. The summed E-state index contributed by atoms with van der Waals surface area (Å²) < 4.78 is 5.30. The Morgan fingerprint density at radius 3 is 2.55 bits per heavy atom. The predicted molar refractivity (Wildman–Crippen MR) is 99.6 cm³/mol. The van der Waals surface area contributed by atoms with Gasteiger partial charge in [-0.3, -0.25) is 14.7 Å². The van der Waals surface area contributed by atoms with E-state index in [1.165, 1.54) is 0 Å². The number of nitrogens with two attached hydrogens (primary N) is 1. The van der Waals surface area contributed by atoms with Crippen molar-refractivity contribution in [2.45, 2.75) is 20.3 Å². The molecule has 0 unspecified atom stereocenters. The lowest BCUT2D eigenvalue weighted by Gasteiger charge is -2.26. The van der Waals surface area contributed by atoms with Crippen molar-refractivity contribution in [1.29, 1.82) is 0 Å². The predicted octanol–water partition coefficient (Wildman–Crippen LogP) is 0.00320. The van der Waals surface area contributed by atoms with Gasteiger partial charge in [0.25, 0.3) is 0 Å². The Labute approximate surface area is 150 Å². The van der Waals surface area contributed by atoms with Gasteiger partial charge in [0.2, 0.25) is 5.91 Å². The number of ether oxygens (including phenoxy) is 1.